The first-order chi connectivity index (χ1) is 9.52. The van der Waals surface area contributed by atoms with E-state index in [1.807, 2.05) is 0 Å². The Labute approximate surface area is 118 Å². The van der Waals surface area contributed by atoms with Gasteiger partial charge in [0.1, 0.15) is 29.0 Å². The molecule has 0 radical (unpaired) electrons. The molecule has 0 bridgehead atoms. The summed E-state index contributed by atoms with van der Waals surface area (Å²) in [4.78, 5) is 7.98. The molecule has 9 heteroatoms. The van der Waals surface area contributed by atoms with E-state index < -0.39 is 31.1 Å². The molecule has 108 valence electrons. The molecular weight excluding hydrogens is 288 g/mol. The summed E-state index contributed by atoms with van der Waals surface area (Å²) >= 11 is 5.86. The van der Waals surface area contributed by atoms with Gasteiger partial charge in [0.2, 0.25) is 0 Å². The number of pyridine rings is 1. The average Bonchev–Trinajstić information content (AvgIpc) is 2.93. The number of imidazole rings is 1. The van der Waals surface area contributed by atoms with Gasteiger partial charge >= 0.3 is 0 Å². The highest BCUT2D eigenvalue weighted by Crippen LogP contribution is 2.33. The first kappa shape index (κ1) is 13.5. The van der Waals surface area contributed by atoms with E-state index in [1.165, 1.54) is 17.0 Å². The number of aliphatic hydroxyl groups excluding tert-OH is 3. The maximum absolute atomic E-state index is 10.0. The van der Waals surface area contributed by atoms with Crippen LogP contribution in [0.2, 0.25) is 5.15 Å². The topological polar surface area (TPSA) is 127 Å². The first-order valence-electron chi connectivity index (χ1n) is 5.94. The van der Waals surface area contributed by atoms with Gasteiger partial charge < -0.3 is 30.4 Å². The predicted octanol–water partition coefficient (Wildman–Crippen LogP) is -0.722. The fraction of sp³-hybridized carbons (Fsp3) is 0.455. The van der Waals surface area contributed by atoms with Crippen LogP contribution in [-0.2, 0) is 4.74 Å². The summed E-state index contributed by atoms with van der Waals surface area (Å²) in [6.45, 7) is -0.397. The summed E-state index contributed by atoms with van der Waals surface area (Å²) < 4.78 is 6.94. The minimum absolute atomic E-state index is 0.165. The smallest absolute Gasteiger partial charge is 0.164 e. The lowest BCUT2D eigenvalue weighted by atomic mass is 10.1. The predicted molar refractivity (Wildman–Crippen MR) is 70.0 cm³/mol. The molecule has 8 nitrogen and oxygen atoms in total. The molecule has 0 saturated carbocycles. The van der Waals surface area contributed by atoms with E-state index in [0.717, 1.165) is 0 Å². The average molecular weight is 301 g/mol. The number of rotatable bonds is 2. The van der Waals surface area contributed by atoms with Crippen LogP contribution in [0.1, 0.15) is 6.23 Å². The van der Waals surface area contributed by atoms with Gasteiger partial charge in [0, 0.05) is 6.07 Å². The summed E-state index contributed by atoms with van der Waals surface area (Å²) in [6, 6.07) is 1.54. The number of hydrogen-bond donors (Lipinski definition) is 4. The molecule has 2 aromatic rings. The maximum Gasteiger partial charge on any atom is 0.164 e. The van der Waals surface area contributed by atoms with Crippen LogP contribution >= 0.6 is 11.6 Å². The summed E-state index contributed by atoms with van der Waals surface area (Å²) in [7, 11) is 0. The third-order valence-electron chi connectivity index (χ3n) is 3.35. The zero-order chi connectivity index (χ0) is 14.4. The number of fused-ring (bicyclic) bond motifs is 1. The van der Waals surface area contributed by atoms with Crippen molar-refractivity contribution < 1.29 is 20.1 Å². The van der Waals surface area contributed by atoms with Crippen LogP contribution in [0.15, 0.2) is 12.4 Å². The van der Waals surface area contributed by atoms with Gasteiger partial charge in [-0.2, -0.15) is 0 Å². The van der Waals surface area contributed by atoms with Gasteiger partial charge in [0.15, 0.2) is 12.0 Å². The maximum atomic E-state index is 10.0. The van der Waals surface area contributed by atoms with Crippen molar-refractivity contribution in [3.63, 3.8) is 0 Å². The quantitative estimate of drug-likeness (QED) is 0.539. The second-order valence-corrected chi connectivity index (χ2v) is 4.97. The number of nitrogen functional groups attached to an aromatic ring is 1. The Bertz CT molecular complexity index is 649. The normalized spacial score (nSPS) is 30.2. The molecule has 1 saturated heterocycles. The van der Waals surface area contributed by atoms with E-state index in [0.29, 0.717) is 11.0 Å². The standard InChI is InChI=1S/C11H13ClN4O4/c12-6-1-4-7(10(13)15-6)14-3-16(4)11-9(19)8(18)5(2-17)20-11/h1,3,5,8-9,11,17-19H,2H2,(H2,13,15)/t5-,8+,9-,11-/m1/s1. The lowest BCUT2D eigenvalue weighted by Gasteiger charge is -2.17. The highest BCUT2D eigenvalue weighted by atomic mass is 35.5. The Morgan fingerprint density at radius 1 is 1.40 bits per heavy atom. The first-order valence-corrected chi connectivity index (χ1v) is 6.31. The van der Waals surface area contributed by atoms with Crippen molar-refractivity contribution in [1.29, 1.82) is 0 Å². The Morgan fingerprint density at radius 3 is 2.80 bits per heavy atom. The number of halogens is 1. The second-order valence-electron chi connectivity index (χ2n) is 4.58. The molecule has 1 aliphatic rings. The zero-order valence-corrected chi connectivity index (χ0v) is 11.0. The molecule has 0 amide bonds. The highest BCUT2D eigenvalue weighted by molar-refractivity contribution is 6.30. The Hall–Kier alpha value is -1.45. The zero-order valence-electron chi connectivity index (χ0n) is 10.2. The van der Waals surface area contributed by atoms with Gasteiger partial charge in [-0.1, -0.05) is 11.6 Å². The van der Waals surface area contributed by atoms with Gasteiger partial charge in [-0.25, -0.2) is 9.97 Å². The molecule has 4 atom stereocenters. The van der Waals surface area contributed by atoms with Crippen LogP contribution in [0.3, 0.4) is 0 Å². The van der Waals surface area contributed by atoms with E-state index in [9.17, 15) is 10.2 Å². The van der Waals surface area contributed by atoms with Gasteiger partial charge in [-0.05, 0) is 0 Å². The molecule has 0 spiro atoms. The minimum atomic E-state index is -1.20. The van der Waals surface area contributed by atoms with Gasteiger partial charge in [-0.3, -0.25) is 0 Å². The number of hydrogen-bond acceptors (Lipinski definition) is 7. The lowest BCUT2D eigenvalue weighted by Crippen LogP contribution is -2.33. The minimum Gasteiger partial charge on any atom is -0.394 e. The van der Waals surface area contributed by atoms with Crippen LogP contribution in [0.25, 0.3) is 11.0 Å². The number of nitrogens with two attached hydrogens (primary N) is 1. The number of aliphatic hydroxyl groups is 3. The van der Waals surface area contributed by atoms with Crippen molar-refractivity contribution >= 4 is 28.5 Å². The van der Waals surface area contributed by atoms with E-state index in [4.69, 9.17) is 27.2 Å². The lowest BCUT2D eigenvalue weighted by molar-refractivity contribution is -0.0508. The van der Waals surface area contributed by atoms with Crippen LogP contribution in [-0.4, -0.2) is 54.8 Å². The fourth-order valence-electron chi connectivity index (χ4n) is 2.34. The summed E-state index contributed by atoms with van der Waals surface area (Å²) in [5.41, 5.74) is 6.67. The van der Waals surface area contributed by atoms with Crippen molar-refractivity contribution in [1.82, 2.24) is 14.5 Å². The van der Waals surface area contributed by atoms with Crippen LogP contribution in [0.4, 0.5) is 5.82 Å². The van der Waals surface area contributed by atoms with Gasteiger partial charge in [0.05, 0.1) is 18.5 Å². The second kappa shape index (κ2) is 4.83. The molecule has 1 fully saturated rings. The molecule has 3 heterocycles. The van der Waals surface area contributed by atoms with E-state index >= 15 is 0 Å². The Balaban J connectivity index is 2.07. The third-order valence-corrected chi connectivity index (χ3v) is 3.54. The van der Waals surface area contributed by atoms with Crippen LogP contribution < -0.4 is 5.73 Å². The molecule has 0 aliphatic carbocycles. The summed E-state index contributed by atoms with van der Waals surface area (Å²) in [6.07, 6.45) is -2.71. The van der Waals surface area contributed by atoms with Gasteiger partial charge in [-0.15, -0.1) is 0 Å². The van der Waals surface area contributed by atoms with E-state index in [-0.39, 0.29) is 11.0 Å². The van der Waals surface area contributed by atoms with Crippen LogP contribution in [0, 0.1) is 0 Å². The molecular formula is C11H13ClN4O4. The van der Waals surface area contributed by atoms with Gasteiger partial charge in [0.25, 0.3) is 0 Å². The number of nitrogens with zero attached hydrogens (tertiary/aromatic N) is 3. The van der Waals surface area contributed by atoms with Crippen molar-refractivity contribution in [3.8, 4) is 0 Å². The Morgan fingerprint density at radius 2 is 2.15 bits per heavy atom. The molecule has 0 unspecified atom stereocenters. The summed E-state index contributed by atoms with van der Waals surface area (Å²) in [5, 5.41) is 29.1. The third kappa shape index (κ3) is 1.93. The SMILES string of the molecule is Nc1nc(Cl)cc2c1ncn2[C@@H]1O[C@H](CO)[C@H](O)[C@H]1O. The van der Waals surface area contributed by atoms with E-state index in [1.54, 1.807) is 0 Å². The monoisotopic (exact) mass is 300 g/mol. The van der Waals surface area contributed by atoms with Crippen molar-refractivity contribution in [2.75, 3.05) is 12.3 Å². The molecule has 1 aliphatic heterocycles. The molecule has 5 N–H and O–H groups in total. The van der Waals surface area contributed by atoms with Crippen molar-refractivity contribution in [3.05, 3.63) is 17.5 Å². The highest BCUT2D eigenvalue weighted by Gasteiger charge is 2.43. The Kier molecular flexibility index (Phi) is 3.27. The van der Waals surface area contributed by atoms with Crippen molar-refractivity contribution in [2.24, 2.45) is 0 Å². The number of ether oxygens (including phenoxy) is 1. The number of anilines is 1. The van der Waals surface area contributed by atoms with Crippen molar-refractivity contribution in [2.45, 2.75) is 24.5 Å². The number of aromatic nitrogens is 3. The van der Waals surface area contributed by atoms with Crippen LogP contribution in [0.5, 0.6) is 0 Å². The summed E-state index contributed by atoms with van der Waals surface area (Å²) in [5.74, 6) is 0.165. The molecule has 0 aromatic carbocycles. The molecule has 2 aromatic heterocycles. The molecule has 20 heavy (non-hydrogen) atoms. The largest absolute Gasteiger partial charge is 0.394 e. The fourth-order valence-corrected chi connectivity index (χ4v) is 2.53. The molecule has 3 rings (SSSR count). The van der Waals surface area contributed by atoms with E-state index in [2.05, 4.69) is 9.97 Å².